The predicted octanol–water partition coefficient (Wildman–Crippen LogP) is 5.16. The fourth-order valence-corrected chi connectivity index (χ4v) is 4.58. The molecule has 0 radical (unpaired) electrons. The Kier molecular flexibility index (Phi) is 3.85. The molecule has 0 spiro atoms. The molecule has 0 bridgehead atoms. The lowest BCUT2D eigenvalue weighted by molar-refractivity contribution is 0.652. The Morgan fingerprint density at radius 3 is 2.47 bits per heavy atom. The monoisotopic (exact) mass is 223 g/mol. The molecule has 0 N–H and O–H groups in total. The van der Waals surface area contributed by atoms with Gasteiger partial charge in [0.2, 0.25) is 0 Å². The van der Waals surface area contributed by atoms with Crippen LogP contribution >= 0.6 is 0 Å². The van der Waals surface area contributed by atoms with Gasteiger partial charge in [-0.2, -0.15) is 0 Å². The van der Waals surface area contributed by atoms with Gasteiger partial charge in [-0.1, -0.05) is 69.6 Å². The van der Waals surface area contributed by atoms with Crippen LogP contribution in [0.3, 0.4) is 0 Å². The predicted molar refractivity (Wildman–Crippen MR) is 73.1 cm³/mol. The molecule has 0 amide bonds. The summed E-state index contributed by atoms with van der Waals surface area (Å²) in [4.78, 5) is 0. The Morgan fingerprint density at radius 1 is 1.33 bits per heavy atom. The summed E-state index contributed by atoms with van der Waals surface area (Å²) >= 11 is 0. The van der Waals surface area contributed by atoms with Crippen LogP contribution < -0.4 is 0 Å². The van der Waals surface area contributed by atoms with Crippen molar-refractivity contribution in [3.63, 3.8) is 0 Å². The van der Waals surface area contributed by atoms with E-state index in [1.165, 1.54) is 31.3 Å². The van der Waals surface area contributed by atoms with Crippen LogP contribution in [0.2, 0.25) is 25.2 Å². The zero-order valence-electron chi connectivity index (χ0n) is 11.8. The van der Waals surface area contributed by atoms with E-state index in [0.29, 0.717) is 0 Å². The maximum Gasteiger partial charge on any atom is 0.0569 e. The normalized spacial score (nSPS) is 27.1. The first kappa shape index (κ1) is 11.2. The van der Waals surface area contributed by atoms with Crippen LogP contribution in [0.4, 0.5) is 0 Å². The molecule has 0 aromatic heterocycles. The number of allylic oxidation sites excluding steroid dienone is 3. The standard InChI is InChI=1S/C14H26Si/c1-6-7-8-9-10-13-11-12(2)14(13)15(3,4)5/h11,14H,2,6-10H2,1,3-5H3/i14D. The quantitative estimate of drug-likeness (QED) is 0.431. The second-order valence-electron chi connectivity index (χ2n) is 5.63. The van der Waals surface area contributed by atoms with Gasteiger partial charge in [0.1, 0.15) is 0 Å². The summed E-state index contributed by atoms with van der Waals surface area (Å²) in [6.45, 7) is 13.1. The molecule has 86 valence electrons. The molecule has 0 aromatic rings. The summed E-state index contributed by atoms with van der Waals surface area (Å²) in [5.41, 5.74) is 2.05. The van der Waals surface area contributed by atoms with E-state index in [1.807, 2.05) is 0 Å². The van der Waals surface area contributed by atoms with E-state index in [9.17, 15) is 0 Å². The van der Waals surface area contributed by atoms with E-state index in [2.05, 4.69) is 39.2 Å². The topological polar surface area (TPSA) is 0 Å². The van der Waals surface area contributed by atoms with Crippen LogP contribution in [0.5, 0.6) is 0 Å². The van der Waals surface area contributed by atoms with Crippen molar-refractivity contribution in [2.24, 2.45) is 0 Å². The lowest BCUT2D eigenvalue weighted by Gasteiger charge is -2.39. The Hall–Kier alpha value is -0.303. The van der Waals surface area contributed by atoms with Gasteiger partial charge in [0, 0.05) is 1.37 Å². The number of hydrogen-bond donors (Lipinski definition) is 0. The smallest absolute Gasteiger partial charge is 0.0569 e. The van der Waals surface area contributed by atoms with Crippen LogP contribution in [-0.4, -0.2) is 8.07 Å². The van der Waals surface area contributed by atoms with Crippen LogP contribution in [0.15, 0.2) is 23.8 Å². The maximum atomic E-state index is 8.65. The molecule has 1 heteroatoms. The number of unbranched alkanes of at least 4 members (excludes halogenated alkanes) is 3. The van der Waals surface area contributed by atoms with Crippen LogP contribution in [0.1, 0.15) is 40.4 Å². The third kappa shape index (κ3) is 3.34. The average molecular weight is 223 g/mol. The fraction of sp³-hybridized carbons (Fsp3) is 0.714. The summed E-state index contributed by atoms with van der Waals surface area (Å²) < 4.78 is 8.65. The van der Waals surface area contributed by atoms with Crippen molar-refractivity contribution in [1.29, 1.82) is 0 Å². The van der Waals surface area contributed by atoms with Crippen molar-refractivity contribution < 1.29 is 1.37 Å². The van der Waals surface area contributed by atoms with Crippen molar-refractivity contribution in [2.45, 2.75) is 64.2 Å². The third-order valence-electron chi connectivity index (χ3n) is 3.04. The highest BCUT2D eigenvalue weighted by molar-refractivity contribution is 6.79. The molecule has 1 aliphatic carbocycles. The van der Waals surface area contributed by atoms with Crippen LogP contribution in [0, 0.1) is 0 Å². The molecule has 0 heterocycles. The molecule has 1 unspecified atom stereocenters. The minimum Gasteiger partial charge on any atom is -0.0955 e. The SMILES string of the molecule is [2H]C1([Si](C)(C)C)C(=C)C=C1CCCCCC. The molecule has 1 atom stereocenters. The number of rotatable bonds is 6. The Balaban J connectivity index is 2.56. The van der Waals surface area contributed by atoms with Gasteiger partial charge >= 0.3 is 0 Å². The van der Waals surface area contributed by atoms with Gasteiger partial charge < -0.3 is 0 Å². The molecule has 0 aliphatic heterocycles. The second kappa shape index (κ2) is 5.15. The summed E-state index contributed by atoms with van der Waals surface area (Å²) in [6.07, 6.45) is 8.45. The molecule has 0 saturated carbocycles. The lowest BCUT2D eigenvalue weighted by atomic mass is 9.89. The third-order valence-corrected chi connectivity index (χ3v) is 5.18. The van der Waals surface area contributed by atoms with Gasteiger partial charge in [-0.3, -0.25) is 0 Å². The van der Waals surface area contributed by atoms with Crippen LogP contribution in [-0.2, 0) is 0 Å². The summed E-state index contributed by atoms with van der Waals surface area (Å²) in [7, 11) is -1.49. The van der Waals surface area contributed by atoms with Crippen LogP contribution in [0.25, 0.3) is 0 Å². The minimum atomic E-state index is -1.49. The van der Waals surface area contributed by atoms with Gasteiger partial charge in [-0.15, -0.1) is 0 Å². The van der Waals surface area contributed by atoms with Gasteiger partial charge in [0.05, 0.1) is 8.07 Å². The number of hydrogen-bond acceptors (Lipinski definition) is 0. The molecule has 0 fully saturated rings. The first-order valence-corrected chi connectivity index (χ1v) is 9.74. The highest BCUT2D eigenvalue weighted by Gasteiger charge is 2.36. The molecule has 15 heavy (non-hydrogen) atoms. The molecular weight excluding hydrogens is 196 g/mol. The highest BCUT2D eigenvalue weighted by atomic mass is 28.3. The van der Waals surface area contributed by atoms with E-state index < -0.39 is 8.07 Å². The second-order valence-corrected chi connectivity index (χ2v) is 10.6. The van der Waals surface area contributed by atoms with Gasteiger partial charge in [-0.05, 0) is 18.4 Å². The average Bonchev–Trinajstić information content (AvgIpc) is 2.20. The molecular formula is C14H26Si. The molecule has 0 saturated heterocycles. The van der Waals surface area contributed by atoms with E-state index in [-0.39, 0.29) is 5.52 Å². The largest absolute Gasteiger partial charge is 0.0955 e. The summed E-state index contributed by atoms with van der Waals surface area (Å²) in [5.74, 6) is 0. The van der Waals surface area contributed by atoms with E-state index in [4.69, 9.17) is 1.37 Å². The van der Waals surface area contributed by atoms with E-state index >= 15 is 0 Å². The molecule has 1 rings (SSSR count). The van der Waals surface area contributed by atoms with Crippen molar-refractivity contribution in [1.82, 2.24) is 0 Å². The molecule has 0 aromatic carbocycles. The lowest BCUT2D eigenvalue weighted by Crippen LogP contribution is -2.34. The zero-order valence-corrected chi connectivity index (χ0v) is 11.8. The van der Waals surface area contributed by atoms with Crippen molar-refractivity contribution in [3.05, 3.63) is 23.8 Å². The van der Waals surface area contributed by atoms with Crippen molar-refractivity contribution in [2.75, 3.05) is 0 Å². The molecule has 0 nitrogen and oxygen atoms in total. The van der Waals surface area contributed by atoms with Gasteiger partial charge in [0.25, 0.3) is 0 Å². The Labute approximate surface area is 97.9 Å². The summed E-state index contributed by atoms with van der Waals surface area (Å²) in [6, 6.07) is 0. The highest BCUT2D eigenvalue weighted by Crippen LogP contribution is 2.46. The first-order valence-electron chi connectivity index (χ1n) is 6.74. The van der Waals surface area contributed by atoms with E-state index in [0.717, 1.165) is 12.0 Å². The summed E-state index contributed by atoms with van der Waals surface area (Å²) in [5, 5.41) is 0. The van der Waals surface area contributed by atoms with Gasteiger partial charge in [0.15, 0.2) is 0 Å². The molecule has 1 aliphatic rings. The zero-order chi connectivity index (χ0) is 12.4. The Morgan fingerprint density at radius 2 is 2.00 bits per heavy atom. The minimum absolute atomic E-state index is 0.362. The van der Waals surface area contributed by atoms with Gasteiger partial charge in [-0.25, -0.2) is 0 Å². The first-order chi connectivity index (χ1) is 7.34. The Bertz CT molecular complexity index is 298. The van der Waals surface area contributed by atoms with Crippen molar-refractivity contribution >= 4 is 8.07 Å². The van der Waals surface area contributed by atoms with E-state index in [1.54, 1.807) is 0 Å². The van der Waals surface area contributed by atoms with Crippen molar-refractivity contribution in [3.8, 4) is 0 Å². The maximum absolute atomic E-state index is 8.65. The fourth-order valence-electron chi connectivity index (χ4n) is 2.39.